The average Bonchev–Trinajstić information content (AvgIpc) is 2.71. The number of aryl methyl sites for hydroxylation is 1. The summed E-state index contributed by atoms with van der Waals surface area (Å²) < 4.78 is 0. The molecule has 2 nitrogen and oxygen atoms in total. The first-order valence-corrected chi connectivity index (χ1v) is 5.86. The van der Waals surface area contributed by atoms with Gasteiger partial charge in [0.2, 0.25) is 0 Å². The zero-order valence-electron chi connectivity index (χ0n) is 9.50. The Morgan fingerprint density at radius 1 is 1.27 bits per heavy atom. The smallest absolute Gasteiger partial charge is 0.0399 e. The Morgan fingerprint density at radius 3 is 2.67 bits per heavy atom. The van der Waals surface area contributed by atoms with E-state index in [1.807, 2.05) is 0 Å². The van der Waals surface area contributed by atoms with Crippen molar-refractivity contribution in [3.05, 3.63) is 29.3 Å². The van der Waals surface area contributed by atoms with Crippen LogP contribution < -0.4 is 10.6 Å². The van der Waals surface area contributed by atoms with E-state index in [4.69, 9.17) is 5.73 Å². The fourth-order valence-electron chi connectivity index (χ4n) is 2.34. The highest BCUT2D eigenvalue weighted by atomic mass is 15.1. The molecule has 1 aliphatic heterocycles. The Bertz CT molecular complexity index is 327. The maximum atomic E-state index is 5.66. The first-order chi connectivity index (χ1) is 7.31. The topological polar surface area (TPSA) is 29.3 Å². The summed E-state index contributed by atoms with van der Waals surface area (Å²) in [6.07, 6.45) is 3.65. The van der Waals surface area contributed by atoms with Gasteiger partial charge in [-0.15, -0.1) is 0 Å². The van der Waals surface area contributed by atoms with E-state index < -0.39 is 0 Å². The first kappa shape index (κ1) is 10.5. The van der Waals surface area contributed by atoms with E-state index in [-0.39, 0.29) is 0 Å². The second kappa shape index (κ2) is 4.67. The molecule has 82 valence electrons. The molecule has 1 heterocycles. The molecule has 1 fully saturated rings. The predicted octanol–water partition coefficient (Wildman–Crippen LogP) is 2.10. The molecule has 2 N–H and O–H groups in total. The highest BCUT2D eigenvalue weighted by molar-refractivity contribution is 5.55. The molecule has 0 radical (unpaired) electrons. The minimum absolute atomic E-state index is 0.740. The Hall–Kier alpha value is -1.02. The van der Waals surface area contributed by atoms with E-state index in [9.17, 15) is 0 Å². The number of benzene rings is 1. The molecule has 0 spiro atoms. The predicted molar refractivity (Wildman–Crippen MR) is 65.4 cm³/mol. The molecule has 0 saturated carbocycles. The van der Waals surface area contributed by atoms with Gasteiger partial charge in [-0.2, -0.15) is 0 Å². The van der Waals surface area contributed by atoms with E-state index in [0.29, 0.717) is 0 Å². The van der Waals surface area contributed by atoms with Crippen molar-refractivity contribution >= 4 is 5.69 Å². The van der Waals surface area contributed by atoms with Gasteiger partial charge in [0.25, 0.3) is 0 Å². The van der Waals surface area contributed by atoms with Crippen LogP contribution in [0.15, 0.2) is 18.2 Å². The maximum Gasteiger partial charge on any atom is 0.0399 e. The molecule has 1 aromatic carbocycles. The molecule has 1 aromatic rings. The van der Waals surface area contributed by atoms with E-state index in [1.165, 1.54) is 42.7 Å². The van der Waals surface area contributed by atoms with E-state index in [0.717, 1.165) is 13.0 Å². The van der Waals surface area contributed by atoms with Crippen LogP contribution in [-0.2, 0) is 6.42 Å². The molecule has 0 atom stereocenters. The molecule has 2 heteroatoms. The molecule has 15 heavy (non-hydrogen) atoms. The lowest BCUT2D eigenvalue weighted by molar-refractivity contribution is 0.916. The van der Waals surface area contributed by atoms with Gasteiger partial charge < -0.3 is 10.6 Å². The van der Waals surface area contributed by atoms with Crippen molar-refractivity contribution in [2.75, 3.05) is 24.5 Å². The van der Waals surface area contributed by atoms with Crippen molar-refractivity contribution in [2.45, 2.75) is 26.2 Å². The summed E-state index contributed by atoms with van der Waals surface area (Å²) in [6.45, 7) is 5.30. The average molecular weight is 204 g/mol. The third-order valence-electron chi connectivity index (χ3n) is 3.10. The fraction of sp³-hybridized carbons (Fsp3) is 0.538. The van der Waals surface area contributed by atoms with Crippen molar-refractivity contribution in [3.8, 4) is 0 Å². The van der Waals surface area contributed by atoms with Crippen LogP contribution in [0.4, 0.5) is 5.69 Å². The Labute approximate surface area is 92.1 Å². The number of anilines is 1. The van der Waals surface area contributed by atoms with E-state index in [2.05, 4.69) is 30.0 Å². The first-order valence-electron chi connectivity index (χ1n) is 5.86. The number of rotatable bonds is 3. The van der Waals surface area contributed by atoms with Gasteiger partial charge in [0.15, 0.2) is 0 Å². The molecule has 0 unspecified atom stereocenters. The molecule has 0 aliphatic carbocycles. The van der Waals surface area contributed by atoms with Crippen LogP contribution in [0.2, 0.25) is 0 Å². The molecule has 1 aliphatic rings. The summed E-state index contributed by atoms with van der Waals surface area (Å²) in [4.78, 5) is 2.49. The molecule has 2 rings (SSSR count). The Kier molecular flexibility index (Phi) is 3.27. The van der Waals surface area contributed by atoms with Gasteiger partial charge in [0, 0.05) is 18.8 Å². The number of hydrogen-bond acceptors (Lipinski definition) is 2. The normalized spacial score (nSPS) is 16.0. The van der Waals surface area contributed by atoms with Crippen LogP contribution in [0.1, 0.15) is 24.0 Å². The third-order valence-corrected chi connectivity index (χ3v) is 3.10. The Morgan fingerprint density at radius 2 is 2.00 bits per heavy atom. The van der Waals surface area contributed by atoms with Gasteiger partial charge in [0.05, 0.1) is 0 Å². The lowest BCUT2D eigenvalue weighted by Gasteiger charge is -2.21. The van der Waals surface area contributed by atoms with Crippen LogP contribution >= 0.6 is 0 Å². The third kappa shape index (κ3) is 2.32. The van der Waals surface area contributed by atoms with Crippen LogP contribution in [0.3, 0.4) is 0 Å². The largest absolute Gasteiger partial charge is 0.371 e. The number of nitrogens with zero attached hydrogens (tertiary/aromatic N) is 1. The van der Waals surface area contributed by atoms with Crippen molar-refractivity contribution in [3.63, 3.8) is 0 Å². The van der Waals surface area contributed by atoms with Gasteiger partial charge in [-0.3, -0.25) is 0 Å². The summed E-state index contributed by atoms with van der Waals surface area (Å²) in [6, 6.07) is 6.74. The van der Waals surface area contributed by atoms with Gasteiger partial charge in [-0.25, -0.2) is 0 Å². The van der Waals surface area contributed by atoms with Gasteiger partial charge >= 0.3 is 0 Å². The molecular weight excluding hydrogens is 184 g/mol. The zero-order valence-corrected chi connectivity index (χ0v) is 9.50. The summed E-state index contributed by atoms with van der Waals surface area (Å²) in [5, 5.41) is 0. The monoisotopic (exact) mass is 204 g/mol. The molecular formula is C13H20N2. The maximum absolute atomic E-state index is 5.66. The van der Waals surface area contributed by atoms with Gasteiger partial charge in [-0.05, 0) is 44.4 Å². The van der Waals surface area contributed by atoms with Gasteiger partial charge in [-0.1, -0.05) is 17.7 Å². The van der Waals surface area contributed by atoms with E-state index in [1.54, 1.807) is 0 Å². The molecule has 0 bridgehead atoms. The highest BCUT2D eigenvalue weighted by Gasteiger charge is 2.15. The minimum atomic E-state index is 0.740. The molecule has 0 aromatic heterocycles. The van der Waals surface area contributed by atoms with Crippen LogP contribution in [0.25, 0.3) is 0 Å². The lowest BCUT2D eigenvalue weighted by atomic mass is 10.1. The van der Waals surface area contributed by atoms with Crippen molar-refractivity contribution in [1.82, 2.24) is 0 Å². The second-order valence-corrected chi connectivity index (χ2v) is 4.36. The highest BCUT2D eigenvalue weighted by Crippen LogP contribution is 2.25. The summed E-state index contributed by atoms with van der Waals surface area (Å²) >= 11 is 0. The number of nitrogens with two attached hydrogens (primary N) is 1. The summed E-state index contributed by atoms with van der Waals surface area (Å²) in [5.41, 5.74) is 9.82. The minimum Gasteiger partial charge on any atom is -0.371 e. The fourth-order valence-corrected chi connectivity index (χ4v) is 2.34. The second-order valence-electron chi connectivity index (χ2n) is 4.36. The van der Waals surface area contributed by atoms with Crippen molar-refractivity contribution < 1.29 is 0 Å². The van der Waals surface area contributed by atoms with Crippen LogP contribution in [0.5, 0.6) is 0 Å². The van der Waals surface area contributed by atoms with E-state index >= 15 is 0 Å². The number of hydrogen-bond donors (Lipinski definition) is 1. The zero-order chi connectivity index (χ0) is 10.7. The SMILES string of the molecule is Cc1ccc(N2CCCC2)c(CCN)c1. The standard InChI is InChI=1S/C13H20N2/c1-11-4-5-13(12(10-11)6-7-14)15-8-2-3-9-15/h4-5,10H,2-3,6-9,14H2,1H3. The summed E-state index contributed by atoms with van der Waals surface area (Å²) in [7, 11) is 0. The summed E-state index contributed by atoms with van der Waals surface area (Å²) in [5.74, 6) is 0. The quantitative estimate of drug-likeness (QED) is 0.817. The molecule has 0 amide bonds. The van der Waals surface area contributed by atoms with Crippen LogP contribution in [-0.4, -0.2) is 19.6 Å². The van der Waals surface area contributed by atoms with Crippen molar-refractivity contribution in [2.24, 2.45) is 5.73 Å². The van der Waals surface area contributed by atoms with Gasteiger partial charge in [0.1, 0.15) is 0 Å². The Balaban J connectivity index is 2.27. The molecule has 1 saturated heterocycles. The van der Waals surface area contributed by atoms with Crippen LogP contribution in [0, 0.1) is 6.92 Å². The lowest BCUT2D eigenvalue weighted by Crippen LogP contribution is -2.20. The van der Waals surface area contributed by atoms with Crippen molar-refractivity contribution in [1.29, 1.82) is 0 Å².